The number of alkyl halides is 3. The maximum absolute atomic E-state index is 12.8. The molecule has 0 saturated heterocycles. The summed E-state index contributed by atoms with van der Waals surface area (Å²) in [5.74, 6) is -1.25. The lowest BCUT2D eigenvalue weighted by molar-refractivity contribution is -0.182. The summed E-state index contributed by atoms with van der Waals surface area (Å²) in [5.41, 5.74) is 2.35. The Morgan fingerprint density at radius 1 is 1.33 bits per heavy atom. The first-order valence-corrected chi connectivity index (χ1v) is 7.03. The molecule has 1 heterocycles. The van der Waals surface area contributed by atoms with Crippen molar-refractivity contribution in [1.29, 1.82) is 5.26 Å². The van der Waals surface area contributed by atoms with Crippen molar-refractivity contribution < 1.29 is 13.2 Å². The normalized spacial score (nSPS) is 22.7. The van der Waals surface area contributed by atoms with E-state index < -0.39 is 12.1 Å². The zero-order valence-electron chi connectivity index (χ0n) is 12.1. The molecule has 0 amide bonds. The van der Waals surface area contributed by atoms with Crippen molar-refractivity contribution in [1.82, 2.24) is 4.98 Å². The first-order valence-electron chi connectivity index (χ1n) is 7.03. The number of hydrogen-bond acceptors (Lipinski definition) is 3. The summed E-state index contributed by atoms with van der Waals surface area (Å²) in [5, 5.41) is 12.3. The van der Waals surface area contributed by atoms with Gasteiger partial charge < -0.3 is 5.32 Å². The monoisotopic (exact) mass is 297 g/mol. The molecule has 114 valence electrons. The molecule has 0 bridgehead atoms. The Kier molecular flexibility index (Phi) is 4.40. The SMILES string of the molecule is Cc1cc(NC2CCCC(C(F)(F)F)C2)c(C#N)c(C)n1. The molecule has 1 aliphatic rings. The van der Waals surface area contributed by atoms with Crippen LogP contribution in [0.1, 0.15) is 42.6 Å². The first-order chi connectivity index (χ1) is 9.81. The standard InChI is InChI=1S/C15H18F3N3/c1-9-6-14(13(8-19)10(2)20-9)21-12-5-3-4-11(7-12)15(16,17)18/h6,11-12H,3-5,7H2,1-2H3,(H,20,21). The molecule has 1 aromatic heterocycles. The maximum Gasteiger partial charge on any atom is 0.391 e. The van der Waals surface area contributed by atoms with Gasteiger partial charge in [-0.25, -0.2) is 0 Å². The van der Waals surface area contributed by atoms with Crippen molar-refractivity contribution in [3.8, 4) is 6.07 Å². The van der Waals surface area contributed by atoms with E-state index in [9.17, 15) is 18.4 Å². The molecular weight excluding hydrogens is 279 g/mol. The van der Waals surface area contributed by atoms with Gasteiger partial charge in [0.1, 0.15) is 6.07 Å². The van der Waals surface area contributed by atoms with Crippen LogP contribution in [0, 0.1) is 31.1 Å². The van der Waals surface area contributed by atoms with Gasteiger partial charge in [-0.15, -0.1) is 0 Å². The van der Waals surface area contributed by atoms with Gasteiger partial charge in [-0.3, -0.25) is 4.98 Å². The second-order valence-electron chi connectivity index (χ2n) is 5.63. The Morgan fingerprint density at radius 3 is 2.67 bits per heavy atom. The van der Waals surface area contributed by atoms with Crippen LogP contribution in [0.2, 0.25) is 0 Å². The van der Waals surface area contributed by atoms with E-state index in [-0.39, 0.29) is 18.9 Å². The highest BCUT2D eigenvalue weighted by molar-refractivity contribution is 5.60. The summed E-state index contributed by atoms with van der Waals surface area (Å²) in [7, 11) is 0. The Hall–Kier alpha value is -1.77. The van der Waals surface area contributed by atoms with E-state index in [1.807, 2.05) is 0 Å². The van der Waals surface area contributed by atoms with Gasteiger partial charge in [0, 0.05) is 11.7 Å². The molecule has 2 unspecified atom stereocenters. The fraction of sp³-hybridized carbons (Fsp3) is 0.600. The molecule has 0 aromatic carbocycles. The van der Waals surface area contributed by atoms with Gasteiger partial charge in [0.25, 0.3) is 0 Å². The molecule has 3 nitrogen and oxygen atoms in total. The first kappa shape index (κ1) is 15.6. The van der Waals surface area contributed by atoms with E-state index in [0.29, 0.717) is 29.8 Å². The van der Waals surface area contributed by atoms with E-state index in [1.54, 1.807) is 19.9 Å². The summed E-state index contributed by atoms with van der Waals surface area (Å²) >= 11 is 0. The molecule has 1 aromatic rings. The average molecular weight is 297 g/mol. The van der Waals surface area contributed by atoms with Crippen LogP contribution in [0.5, 0.6) is 0 Å². The highest BCUT2D eigenvalue weighted by atomic mass is 19.4. The highest BCUT2D eigenvalue weighted by Crippen LogP contribution is 2.38. The van der Waals surface area contributed by atoms with E-state index in [1.165, 1.54) is 0 Å². The smallest absolute Gasteiger partial charge is 0.381 e. The van der Waals surface area contributed by atoms with E-state index in [4.69, 9.17) is 0 Å². The highest BCUT2D eigenvalue weighted by Gasteiger charge is 2.42. The van der Waals surface area contributed by atoms with Crippen molar-refractivity contribution >= 4 is 5.69 Å². The van der Waals surface area contributed by atoms with Crippen molar-refractivity contribution in [3.05, 3.63) is 23.0 Å². The predicted octanol–water partition coefficient (Wildman–Crippen LogP) is 4.10. The van der Waals surface area contributed by atoms with Crippen molar-refractivity contribution in [3.63, 3.8) is 0 Å². The molecule has 1 N–H and O–H groups in total. The number of pyridine rings is 1. The quantitative estimate of drug-likeness (QED) is 0.894. The molecule has 1 aliphatic carbocycles. The van der Waals surface area contributed by atoms with Crippen LogP contribution < -0.4 is 5.32 Å². The number of hydrogen-bond donors (Lipinski definition) is 1. The second kappa shape index (κ2) is 5.92. The number of rotatable bonds is 2. The van der Waals surface area contributed by atoms with Gasteiger partial charge in [-0.2, -0.15) is 18.4 Å². The average Bonchev–Trinajstić information content (AvgIpc) is 2.37. The summed E-state index contributed by atoms with van der Waals surface area (Å²) in [6.45, 7) is 3.54. The zero-order chi connectivity index (χ0) is 15.6. The minimum atomic E-state index is -4.14. The molecule has 6 heteroatoms. The predicted molar refractivity (Wildman–Crippen MR) is 73.8 cm³/mol. The summed E-state index contributed by atoms with van der Waals surface area (Å²) < 4.78 is 38.5. The largest absolute Gasteiger partial charge is 0.391 e. The molecule has 0 aliphatic heterocycles. The lowest BCUT2D eigenvalue weighted by Crippen LogP contribution is -2.34. The van der Waals surface area contributed by atoms with Crippen LogP contribution in [0.25, 0.3) is 0 Å². The number of aromatic nitrogens is 1. The van der Waals surface area contributed by atoms with Crippen molar-refractivity contribution in [2.24, 2.45) is 5.92 Å². The molecule has 2 atom stereocenters. The minimum Gasteiger partial charge on any atom is -0.381 e. The molecule has 0 radical (unpaired) electrons. The fourth-order valence-electron chi connectivity index (χ4n) is 2.92. The van der Waals surface area contributed by atoms with Crippen LogP contribution in [0.4, 0.5) is 18.9 Å². The van der Waals surface area contributed by atoms with Crippen molar-refractivity contribution in [2.75, 3.05) is 5.32 Å². The van der Waals surface area contributed by atoms with E-state index >= 15 is 0 Å². The number of halogens is 3. The number of nitrogens with zero attached hydrogens (tertiary/aromatic N) is 2. The lowest BCUT2D eigenvalue weighted by Gasteiger charge is -2.32. The Morgan fingerprint density at radius 2 is 2.05 bits per heavy atom. The number of anilines is 1. The third-order valence-corrected chi connectivity index (χ3v) is 3.94. The molecule has 0 spiro atoms. The van der Waals surface area contributed by atoms with Gasteiger partial charge in [-0.05, 0) is 39.2 Å². The van der Waals surface area contributed by atoms with E-state index in [0.717, 1.165) is 5.69 Å². The van der Waals surface area contributed by atoms with Gasteiger partial charge >= 0.3 is 6.18 Å². The summed E-state index contributed by atoms with van der Waals surface area (Å²) in [4.78, 5) is 4.21. The fourth-order valence-corrected chi connectivity index (χ4v) is 2.92. The van der Waals surface area contributed by atoms with Crippen molar-refractivity contribution in [2.45, 2.75) is 51.7 Å². The third kappa shape index (κ3) is 3.66. The number of nitriles is 1. The molecular formula is C15H18F3N3. The summed E-state index contributed by atoms with van der Waals surface area (Å²) in [6.07, 6.45) is -2.64. The second-order valence-corrected chi connectivity index (χ2v) is 5.63. The van der Waals surface area contributed by atoms with E-state index in [2.05, 4.69) is 16.4 Å². The van der Waals surface area contributed by atoms with Crippen LogP contribution >= 0.6 is 0 Å². The third-order valence-electron chi connectivity index (χ3n) is 3.94. The van der Waals surface area contributed by atoms with Gasteiger partial charge in [-0.1, -0.05) is 6.42 Å². The maximum atomic E-state index is 12.8. The Labute approximate surface area is 122 Å². The Balaban J connectivity index is 2.17. The zero-order valence-corrected chi connectivity index (χ0v) is 12.1. The lowest BCUT2D eigenvalue weighted by atomic mass is 9.85. The van der Waals surface area contributed by atoms with Gasteiger partial charge in [0.05, 0.1) is 22.9 Å². The molecule has 1 fully saturated rings. The molecule has 2 rings (SSSR count). The molecule has 1 saturated carbocycles. The van der Waals surface area contributed by atoms with Gasteiger partial charge in [0.2, 0.25) is 0 Å². The topological polar surface area (TPSA) is 48.7 Å². The number of aryl methyl sites for hydroxylation is 2. The number of nitrogens with one attached hydrogen (secondary N) is 1. The minimum absolute atomic E-state index is 0.0643. The van der Waals surface area contributed by atoms with Crippen LogP contribution in [-0.2, 0) is 0 Å². The molecule has 21 heavy (non-hydrogen) atoms. The summed E-state index contributed by atoms with van der Waals surface area (Å²) in [6, 6.07) is 3.55. The Bertz CT molecular complexity index is 561. The van der Waals surface area contributed by atoms with Crippen LogP contribution in [0.15, 0.2) is 6.07 Å². The van der Waals surface area contributed by atoms with Crippen LogP contribution in [-0.4, -0.2) is 17.2 Å². The van der Waals surface area contributed by atoms with Crippen LogP contribution in [0.3, 0.4) is 0 Å². The van der Waals surface area contributed by atoms with Gasteiger partial charge in [0.15, 0.2) is 0 Å².